The molecule has 1 aromatic carbocycles. The maximum Gasteiger partial charge on any atom is 0.273 e. The molecule has 0 aliphatic carbocycles. The minimum Gasteiger partial charge on any atom is -0.494 e. The number of rotatable bonds is 5. The molecule has 7 heteroatoms. The molecule has 0 unspecified atom stereocenters. The highest BCUT2D eigenvalue weighted by atomic mass is 32.1. The number of benzene rings is 1. The first-order chi connectivity index (χ1) is 8.70. The SMILES string of the molecule is COc1cc([N+](=O)[O-])ccc1NCc1cscn1. The Morgan fingerprint density at radius 2 is 2.39 bits per heavy atom. The number of ether oxygens (including phenoxy) is 1. The molecular weight excluding hydrogens is 254 g/mol. The van der Waals surface area contributed by atoms with Crippen LogP contribution in [0.2, 0.25) is 0 Å². The Morgan fingerprint density at radius 1 is 1.56 bits per heavy atom. The summed E-state index contributed by atoms with van der Waals surface area (Å²) in [4.78, 5) is 14.3. The van der Waals surface area contributed by atoms with Crippen molar-refractivity contribution in [3.63, 3.8) is 0 Å². The van der Waals surface area contributed by atoms with E-state index in [1.54, 1.807) is 11.6 Å². The molecule has 0 aliphatic heterocycles. The summed E-state index contributed by atoms with van der Waals surface area (Å²) in [5.74, 6) is 0.444. The fraction of sp³-hybridized carbons (Fsp3) is 0.182. The molecule has 0 fully saturated rings. The van der Waals surface area contributed by atoms with Gasteiger partial charge in [-0.05, 0) is 6.07 Å². The van der Waals surface area contributed by atoms with E-state index >= 15 is 0 Å². The Bertz CT molecular complexity index is 542. The van der Waals surface area contributed by atoms with E-state index in [1.807, 2.05) is 5.38 Å². The van der Waals surface area contributed by atoms with Crippen LogP contribution in [0, 0.1) is 10.1 Å². The zero-order chi connectivity index (χ0) is 13.0. The van der Waals surface area contributed by atoms with Crippen molar-refractivity contribution < 1.29 is 9.66 Å². The van der Waals surface area contributed by atoms with Crippen molar-refractivity contribution >= 4 is 22.7 Å². The fourth-order valence-corrected chi connectivity index (χ4v) is 2.01. The van der Waals surface area contributed by atoms with E-state index in [1.165, 1.54) is 30.6 Å². The van der Waals surface area contributed by atoms with Crippen LogP contribution in [0.4, 0.5) is 11.4 Å². The fourth-order valence-electron chi connectivity index (χ4n) is 1.45. The van der Waals surface area contributed by atoms with Gasteiger partial charge in [0.2, 0.25) is 0 Å². The Hall–Kier alpha value is -2.15. The predicted octanol–water partition coefficient (Wildman–Crippen LogP) is 2.67. The number of nitro groups is 1. The number of thiazole rings is 1. The van der Waals surface area contributed by atoms with Crippen LogP contribution in [0.5, 0.6) is 5.75 Å². The van der Waals surface area contributed by atoms with Crippen molar-refractivity contribution in [1.82, 2.24) is 4.98 Å². The van der Waals surface area contributed by atoms with Gasteiger partial charge in [-0.1, -0.05) is 0 Å². The van der Waals surface area contributed by atoms with Crippen molar-refractivity contribution in [3.8, 4) is 5.75 Å². The second kappa shape index (κ2) is 5.46. The first-order valence-corrected chi connectivity index (χ1v) is 6.08. The maximum atomic E-state index is 10.6. The van der Waals surface area contributed by atoms with Gasteiger partial charge in [-0.15, -0.1) is 11.3 Å². The summed E-state index contributed by atoms with van der Waals surface area (Å²) in [5, 5.41) is 15.7. The van der Waals surface area contributed by atoms with Crippen LogP contribution in [0.15, 0.2) is 29.1 Å². The summed E-state index contributed by atoms with van der Waals surface area (Å²) in [5.41, 5.74) is 3.38. The third-order valence-corrected chi connectivity index (χ3v) is 2.97. The molecular formula is C11H11N3O3S. The van der Waals surface area contributed by atoms with Gasteiger partial charge in [0, 0.05) is 11.4 Å². The normalized spacial score (nSPS) is 10.1. The van der Waals surface area contributed by atoms with Gasteiger partial charge in [-0.2, -0.15) is 0 Å². The second-order valence-corrected chi connectivity index (χ2v) is 4.19. The molecule has 6 nitrogen and oxygen atoms in total. The van der Waals surface area contributed by atoms with E-state index in [9.17, 15) is 10.1 Å². The first-order valence-electron chi connectivity index (χ1n) is 5.14. The van der Waals surface area contributed by atoms with Crippen LogP contribution in [0.25, 0.3) is 0 Å². The topological polar surface area (TPSA) is 77.3 Å². The average Bonchev–Trinajstić information content (AvgIpc) is 2.89. The molecule has 0 spiro atoms. The second-order valence-electron chi connectivity index (χ2n) is 3.48. The molecule has 2 aromatic rings. The number of aromatic nitrogens is 1. The summed E-state index contributed by atoms with van der Waals surface area (Å²) in [6.07, 6.45) is 0. The molecule has 1 N–H and O–H groups in total. The number of hydrogen-bond donors (Lipinski definition) is 1. The summed E-state index contributed by atoms with van der Waals surface area (Å²) in [7, 11) is 1.48. The van der Waals surface area contributed by atoms with E-state index in [-0.39, 0.29) is 5.69 Å². The van der Waals surface area contributed by atoms with Crippen LogP contribution in [0.1, 0.15) is 5.69 Å². The third-order valence-electron chi connectivity index (χ3n) is 2.34. The third kappa shape index (κ3) is 2.75. The van der Waals surface area contributed by atoms with Crippen LogP contribution >= 0.6 is 11.3 Å². The summed E-state index contributed by atoms with van der Waals surface area (Å²) < 4.78 is 5.12. The summed E-state index contributed by atoms with van der Waals surface area (Å²) in [6, 6.07) is 4.46. The van der Waals surface area contributed by atoms with Crippen molar-refractivity contribution in [2.24, 2.45) is 0 Å². The van der Waals surface area contributed by atoms with Gasteiger partial charge in [-0.25, -0.2) is 4.98 Å². The quantitative estimate of drug-likeness (QED) is 0.664. The molecule has 0 saturated heterocycles. The maximum absolute atomic E-state index is 10.6. The van der Waals surface area contributed by atoms with Gasteiger partial charge < -0.3 is 10.1 Å². The zero-order valence-corrected chi connectivity index (χ0v) is 10.4. The largest absolute Gasteiger partial charge is 0.494 e. The van der Waals surface area contributed by atoms with Crippen molar-refractivity contribution in [1.29, 1.82) is 0 Å². The Labute approximate surface area is 107 Å². The zero-order valence-electron chi connectivity index (χ0n) is 9.62. The lowest BCUT2D eigenvalue weighted by atomic mass is 10.2. The average molecular weight is 265 g/mol. The van der Waals surface area contributed by atoms with Crippen LogP contribution in [0.3, 0.4) is 0 Å². The molecule has 1 aromatic heterocycles. The lowest BCUT2D eigenvalue weighted by molar-refractivity contribution is -0.384. The number of anilines is 1. The summed E-state index contributed by atoms with van der Waals surface area (Å²) in [6.45, 7) is 0.553. The van der Waals surface area contributed by atoms with Gasteiger partial charge >= 0.3 is 0 Å². The minimum atomic E-state index is -0.452. The van der Waals surface area contributed by atoms with E-state index in [4.69, 9.17) is 4.74 Å². The predicted molar refractivity (Wildman–Crippen MR) is 69.1 cm³/mol. The molecule has 2 rings (SSSR count). The lowest BCUT2D eigenvalue weighted by Crippen LogP contribution is -2.02. The van der Waals surface area contributed by atoms with E-state index in [0.717, 1.165) is 5.69 Å². The molecule has 0 amide bonds. The van der Waals surface area contributed by atoms with Gasteiger partial charge in [0.25, 0.3) is 5.69 Å². The number of hydrogen-bond acceptors (Lipinski definition) is 6. The molecule has 0 atom stereocenters. The highest BCUT2D eigenvalue weighted by Gasteiger charge is 2.11. The molecule has 0 saturated carbocycles. The lowest BCUT2D eigenvalue weighted by Gasteiger charge is -2.09. The van der Waals surface area contributed by atoms with Crippen molar-refractivity contribution in [3.05, 3.63) is 44.9 Å². The highest BCUT2D eigenvalue weighted by Crippen LogP contribution is 2.29. The molecule has 94 valence electrons. The van der Waals surface area contributed by atoms with Crippen LogP contribution < -0.4 is 10.1 Å². The number of nitrogens with one attached hydrogen (secondary N) is 1. The Balaban J connectivity index is 2.14. The summed E-state index contributed by atoms with van der Waals surface area (Å²) >= 11 is 1.52. The molecule has 0 radical (unpaired) electrons. The van der Waals surface area contributed by atoms with E-state index in [0.29, 0.717) is 18.0 Å². The Kier molecular flexibility index (Phi) is 3.73. The molecule has 18 heavy (non-hydrogen) atoms. The van der Waals surface area contributed by atoms with Gasteiger partial charge in [0.05, 0.1) is 41.5 Å². The van der Waals surface area contributed by atoms with Crippen molar-refractivity contribution in [2.45, 2.75) is 6.54 Å². The molecule has 1 heterocycles. The monoisotopic (exact) mass is 265 g/mol. The number of non-ortho nitro benzene ring substituents is 1. The van der Waals surface area contributed by atoms with E-state index < -0.39 is 4.92 Å². The first kappa shape index (κ1) is 12.3. The number of nitro benzene ring substituents is 1. The van der Waals surface area contributed by atoms with Gasteiger partial charge in [0.1, 0.15) is 5.75 Å². The highest BCUT2D eigenvalue weighted by molar-refractivity contribution is 7.07. The smallest absolute Gasteiger partial charge is 0.273 e. The standard InChI is InChI=1S/C11H11N3O3S/c1-17-11-4-9(14(15)16)2-3-10(11)12-5-8-6-18-7-13-8/h2-4,6-7,12H,5H2,1H3. The molecule has 0 aliphatic rings. The minimum absolute atomic E-state index is 0.00561. The molecule has 0 bridgehead atoms. The van der Waals surface area contributed by atoms with E-state index in [2.05, 4.69) is 10.3 Å². The Morgan fingerprint density at radius 3 is 3.00 bits per heavy atom. The van der Waals surface area contributed by atoms with Crippen molar-refractivity contribution in [2.75, 3.05) is 12.4 Å². The van der Waals surface area contributed by atoms with Gasteiger partial charge in [0.15, 0.2) is 0 Å². The van der Waals surface area contributed by atoms with Gasteiger partial charge in [-0.3, -0.25) is 10.1 Å². The number of methoxy groups -OCH3 is 1. The number of nitrogens with zero attached hydrogens (tertiary/aromatic N) is 2. The van der Waals surface area contributed by atoms with Crippen LogP contribution in [-0.2, 0) is 6.54 Å². The van der Waals surface area contributed by atoms with Crippen LogP contribution in [-0.4, -0.2) is 17.0 Å².